The van der Waals surface area contributed by atoms with Gasteiger partial charge in [0, 0.05) is 13.6 Å². The lowest BCUT2D eigenvalue weighted by Crippen LogP contribution is -2.43. The van der Waals surface area contributed by atoms with Crippen molar-refractivity contribution in [1.82, 2.24) is 4.90 Å². The first-order valence-electron chi connectivity index (χ1n) is 5.17. The van der Waals surface area contributed by atoms with Gasteiger partial charge in [0.2, 0.25) is 0 Å². The predicted molar refractivity (Wildman–Crippen MR) is 73.3 cm³/mol. The largest absolute Gasteiger partial charge is 0.399 e. The maximum absolute atomic E-state index is 5.87. The average Bonchev–Trinajstić information content (AvgIpc) is 2.13. The highest BCUT2D eigenvalue weighted by molar-refractivity contribution is 7.87. The molecule has 0 aliphatic heterocycles. The molecule has 0 radical (unpaired) electrons. The standard InChI is InChI=1S/C11H20N2S2/c1-11(2,3)5-6-13(4)8-7(12)9(14)10(8)15/h9,14H,5-6,12H2,1-4H3. The van der Waals surface area contributed by atoms with Gasteiger partial charge in [-0.25, -0.2) is 0 Å². The Labute approximate surface area is 103 Å². The molecule has 0 aromatic heterocycles. The van der Waals surface area contributed by atoms with Crippen LogP contribution in [0.1, 0.15) is 27.2 Å². The molecule has 0 spiro atoms. The monoisotopic (exact) mass is 244 g/mol. The van der Waals surface area contributed by atoms with E-state index in [-0.39, 0.29) is 5.25 Å². The van der Waals surface area contributed by atoms with Gasteiger partial charge in [-0.2, -0.15) is 12.6 Å². The van der Waals surface area contributed by atoms with Crippen LogP contribution in [-0.4, -0.2) is 28.6 Å². The molecule has 0 amide bonds. The van der Waals surface area contributed by atoms with Gasteiger partial charge in [-0.15, -0.1) is 0 Å². The Morgan fingerprint density at radius 3 is 2.40 bits per heavy atom. The molecule has 2 N–H and O–H groups in total. The third kappa shape index (κ3) is 2.88. The molecule has 0 heterocycles. The van der Waals surface area contributed by atoms with Crippen LogP contribution >= 0.6 is 24.8 Å². The fraction of sp³-hybridized carbons (Fsp3) is 0.727. The van der Waals surface area contributed by atoms with Crippen LogP contribution in [0.15, 0.2) is 11.4 Å². The summed E-state index contributed by atoms with van der Waals surface area (Å²) in [6.45, 7) is 7.69. The molecule has 1 atom stereocenters. The van der Waals surface area contributed by atoms with Crippen molar-refractivity contribution < 1.29 is 0 Å². The van der Waals surface area contributed by atoms with Crippen LogP contribution in [0.2, 0.25) is 0 Å². The van der Waals surface area contributed by atoms with E-state index in [0.29, 0.717) is 5.41 Å². The van der Waals surface area contributed by atoms with Crippen LogP contribution in [-0.2, 0) is 0 Å². The SMILES string of the molecule is CN(CCC(C)(C)C)C1=C(N)C(S)C1=S. The molecule has 0 fully saturated rings. The second kappa shape index (κ2) is 4.34. The maximum Gasteiger partial charge on any atom is 0.0806 e. The van der Waals surface area contributed by atoms with E-state index >= 15 is 0 Å². The van der Waals surface area contributed by atoms with Crippen molar-refractivity contribution in [1.29, 1.82) is 0 Å². The number of allylic oxidation sites excluding steroid dienone is 1. The van der Waals surface area contributed by atoms with Crippen LogP contribution in [0.4, 0.5) is 0 Å². The Balaban J connectivity index is 2.57. The van der Waals surface area contributed by atoms with Crippen molar-refractivity contribution in [2.45, 2.75) is 32.4 Å². The quantitative estimate of drug-likeness (QED) is 0.589. The highest BCUT2D eigenvalue weighted by atomic mass is 32.1. The van der Waals surface area contributed by atoms with Crippen LogP contribution in [0, 0.1) is 5.41 Å². The Morgan fingerprint density at radius 2 is 2.00 bits per heavy atom. The molecule has 0 aromatic rings. The van der Waals surface area contributed by atoms with E-state index in [1.807, 2.05) is 7.05 Å². The molecule has 4 heteroatoms. The predicted octanol–water partition coefficient (Wildman–Crippen LogP) is 2.21. The first-order valence-corrected chi connectivity index (χ1v) is 6.09. The van der Waals surface area contributed by atoms with Gasteiger partial charge in [0.1, 0.15) is 0 Å². The molecule has 0 aromatic carbocycles. The number of hydrogen-bond acceptors (Lipinski definition) is 4. The van der Waals surface area contributed by atoms with Gasteiger partial charge in [-0.1, -0.05) is 33.0 Å². The van der Waals surface area contributed by atoms with Gasteiger partial charge >= 0.3 is 0 Å². The molecular formula is C11H20N2S2. The van der Waals surface area contributed by atoms with E-state index in [1.165, 1.54) is 0 Å². The third-order valence-electron chi connectivity index (χ3n) is 2.63. The Hall–Kier alpha value is -0.220. The van der Waals surface area contributed by atoms with E-state index in [9.17, 15) is 0 Å². The number of thiol groups is 1. The molecule has 0 bridgehead atoms. The average molecular weight is 244 g/mol. The van der Waals surface area contributed by atoms with Crippen LogP contribution < -0.4 is 5.73 Å². The first kappa shape index (κ1) is 12.8. The van der Waals surface area contributed by atoms with Crippen LogP contribution in [0.3, 0.4) is 0 Å². The molecule has 0 saturated carbocycles. The minimum atomic E-state index is -0.00733. The topological polar surface area (TPSA) is 29.3 Å². The summed E-state index contributed by atoms with van der Waals surface area (Å²) in [6, 6.07) is 0. The van der Waals surface area contributed by atoms with E-state index in [2.05, 4.69) is 38.3 Å². The summed E-state index contributed by atoms with van der Waals surface area (Å²) in [4.78, 5) is 3.03. The van der Waals surface area contributed by atoms with E-state index < -0.39 is 0 Å². The molecule has 86 valence electrons. The van der Waals surface area contributed by atoms with Crippen LogP contribution in [0.5, 0.6) is 0 Å². The van der Waals surface area contributed by atoms with Crippen molar-refractivity contribution >= 4 is 29.7 Å². The minimum Gasteiger partial charge on any atom is -0.399 e. The lowest BCUT2D eigenvalue weighted by Gasteiger charge is -2.36. The first-order chi connectivity index (χ1) is 6.74. The Bertz CT molecular complexity index is 302. The fourth-order valence-corrected chi connectivity index (χ4v) is 2.13. The molecule has 1 aliphatic carbocycles. The van der Waals surface area contributed by atoms with Crippen LogP contribution in [0.25, 0.3) is 0 Å². The molecule has 15 heavy (non-hydrogen) atoms. The zero-order chi connectivity index (χ0) is 11.8. The van der Waals surface area contributed by atoms with E-state index in [4.69, 9.17) is 18.0 Å². The number of nitrogens with two attached hydrogens (primary N) is 1. The van der Waals surface area contributed by atoms with Gasteiger partial charge in [0.25, 0.3) is 0 Å². The number of hydrogen-bond donors (Lipinski definition) is 2. The van der Waals surface area contributed by atoms with Crippen molar-refractivity contribution in [2.24, 2.45) is 11.1 Å². The van der Waals surface area contributed by atoms with Gasteiger partial charge < -0.3 is 10.6 Å². The van der Waals surface area contributed by atoms with E-state index in [1.54, 1.807) is 0 Å². The normalized spacial score (nSPS) is 21.7. The lowest BCUT2D eigenvalue weighted by atomic mass is 9.91. The highest BCUT2D eigenvalue weighted by Gasteiger charge is 2.33. The van der Waals surface area contributed by atoms with Gasteiger partial charge in [0.15, 0.2) is 0 Å². The third-order valence-corrected chi connectivity index (χ3v) is 3.77. The van der Waals surface area contributed by atoms with Gasteiger partial charge in [0.05, 0.1) is 21.5 Å². The van der Waals surface area contributed by atoms with E-state index in [0.717, 1.165) is 29.2 Å². The number of thiocarbonyl (C=S) groups is 1. The zero-order valence-electron chi connectivity index (χ0n) is 9.87. The molecule has 1 aliphatic rings. The van der Waals surface area contributed by atoms with Crippen molar-refractivity contribution in [2.75, 3.05) is 13.6 Å². The zero-order valence-corrected chi connectivity index (χ0v) is 11.6. The molecule has 0 saturated heterocycles. The summed E-state index contributed by atoms with van der Waals surface area (Å²) in [7, 11) is 2.04. The summed E-state index contributed by atoms with van der Waals surface area (Å²) in [5.41, 5.74) is 8.06. The highest BCUT2D eigenvalue weighted by Crippen LogP contribution is 2.30. The summed E-state index contributed by atoms with van der Waals surface area (Å²) in [5, 5.41) is -0.00733. The van der Waals surface area contributed by atoms with Gasteiger partial charge in [-0.05, 0) is 11.8 Å². The smallest absolute Gasteiger partial charge is 0.0806 e. The van der Waals surface area contributed by atoms with Crippen molar-refractivity contribution in [3.05, 3.63) is 11.4 Å². The molecule has 2 nitrogen and oxygen atoms in total. The minimum absolute atomic E-state index is 0.00733. The van der Waals surface area contributed by atoms with Crippen molar-refractivity contribution in [3.63, 3.8) is 0 Å². The van der Waals surface area contributed by atoms with Gasteiger partial charge in [-0.3, -0.25) is 0 Å². The lowest BCUT2D eigenvalue weighted by molar-refractivity contribution is 0.305. The molecule has 1 rings (SSSR count). The summed E-state index contributed by atoms with van der Waals surface area (Å²) < 4.78 is 0. The Kier molecular flexibility index (Phi) is 3.71. The second-order valence-electron chi connectivity index (χ2n) is 5.30. The molecule has 1 unspecified atom stereocenters. The Morgan fingerprint density at radius 1 is 1.47 bits per heavy atom. The summed E-state index contributed by atoms with van der Waals surface area (Å²) >= 11 is 9.54. The second-order valence-corrected chi connectivity index (χ2v) is 6.26. The summed E-state index contributed by atoms with van der Waals surface area (Å²) in [6.07, 6.45) is 1.13. The fourth-order valence-electron chi connectivity index (χ4n) is 1.49. The number of nitrogens with zero attached hydrogens (tertiary/aromatic N) is 1. The van der Waals surface area contributed by atoms with Crippen molar-refractivity contribution in [3.8, 4) is 0 Å². The maximum atomic E-state index is 5.87. The number of rotatable bonds is 3. The summed E-state index contributed by atoms with van der Waals surface area (Å²) in [5.74, 6) is 0. The molecular weight excluding hydrogens is 224 g/mol.